The summed E-state index contributed by atoms with van der Waals surface area (Å²) in [5.74, 6) is -0.527. The maximum Gasteiger partial charge on any atom is 0.262 e. The highest BCUT2D eigenvalue weighted by Crippen LogP contribution is 2.29. The maximum absolute atomic E-state index is 13.3. The van der Waals surface area contributed by atoms with Crippen LogP contribution in [0.5, 0.6) is 0 Å². The van der Waals surface area contributed by atoms with Gasteiger partial charge in [0.15, 0.2) is 0 Å². The molecule has 1 aromatic heterocycles. The van der Waals surface area contributed by atoms with Gasteiger partial charge in [0.25, 0.3) is 5.56 Å². The number of anilines is 1. The van der Waals surface area contributed by atoms with Gasteiger partial charge in [-0.2, -0.15) is 0 Å². The molecular weight excluding hydrogens is 474 g/mol. The minimum atomic E-state index is -0.801. The summed E-state index contributed by atoms with van der Waals surface area (Å²) in [6.07, 6.45) is 7.47. The highest BCUT2D eigenvalue weighted by Gasteiger charge is 2.32. The molecule has 0 spiro atoms. The van der Waals surface area contributed by atoms with Crippen molar-refractivity contribution in [3.05, 3.63) is 34.4 Å². The Morgan fingerprint density at radius 1 is 0.946 bits per heavy atom. The molecular formula is C27H33N5O5. The van der Waals surface area contributed by atoms with Crippen molar-refractivity contribution in [3.8, 4) is 0 Å². The lowest BCUT2D eigenvalue weighted by Crippen LogP contribution is -2.45. The minimum Gasteiger partial charge on any atom is -0.353 e. The van der Waals surface area contributed by atoms with Gasteiger partial charge in [0.05, 0.1) is 11.1 Å². The van der Waals surface area contributed by atoms with Crippen molar-refractivity contribution < 1.29 is 19.2 Å². The van der Waals surface area contributed by atoms with E-state index in [-0.39, 0.29) is 54.0 Å². The van der Waals surface area contributed by atoms with Crippen LogP contribution in [0, 0.1) is 18.8 Å². The number of para-hydroxylation sites is 1. The van der Waals surface area contributed by atoms with E-state index in [0.29, 0.717) is 35.3 Å². The van der Waals surface area contributed by atoms with Gasteiger partial charge in [-0.1, -0.05) is 18.9 Å². The average Bonchev–Trinajstić information content (AvgIpc) is 3.42. The van der Waals surface area contributed by atoms with Crippen molar-refractivity contribution in [2.75, 3.05) is 5.32 Å². The fourth-order valence-corrected chi connectivity index (χ4v) is 5.97. The van der Waals surface area contributed by atoms with Crippen LogP contribution in [0.15, 0.2) is 23.0 Å². The topological polar surface area (TPSA) is 139 Å². The highest BCUT2D eigenvalue weighted by atomic mass is 16.2. The van der Waals surface area contributed by atoms with Crippen LogP contribution < -0.4 is 21.5 Å². The lowest BCUT2D eigenvalue weighted by Gasteiger charge is -2.29. The molecule has 2 aliphatic carbocycles. The number of piperidine rings is 1. The van der Waals surface area contributed by atoms with Gasteiger partial charge in [-0.15, -0.1) is 0 Å². The fourth-order valence-electron chi connectivity index (χ4n) is 5.97. The molecule has 1 saturated heterocycles. The van der Waals surface area contributed by atoms with Gasteiger partial charge in [-0.3, -0.25) is 33.9 Å². The zero-order valence-electron chi connectivity index (χ0n) is 21.0. The summed E-state index contributed by atoms with van der Waals surface area (Å²) >= 11 is 0. The fraction of sp³-hybridized carbons (Fsp3) is 0.556. The van der Waals surface area contributed by atoms with Crippen molar-refractivity contribution >= 4 is 40.2 Å². The zero-order chi connectivity index (χ0) is 26.1. The largest absolute Gasteiger partial charge is 0.353 e. The molecule has 4 amide bonds. The second-order valence-electron chi connectivity index (χ2n) is 10.5. The Morgan fingerprint density at radius 3 is 2.35 bits per heavy atom. The molecule has 0 radical (unpaired) electrons. The summed E-state index contributed by atoms with van der Waals surface area (Å²) in [5, 5.41) is 8.73. The molecule has 2 aromatic rings. The molecule has 1 aromatic carbocycles. The van der Waals surface area contributed by atoms with Gasteiger partial charge in [0.1, 0.15) is 17.4 Å². The summed E-state index contributed by atoms with van der Waals surface area (Å²) in [5.41, 5.74) is 0.445. The van der Waals surface area contributed by atoms with Crippen LogP contribution in [-0.4, -0.2) is 39.2 Å². The molecule has 1 atom stereocenters. The molecule has 37 heavy (non-hydrogen) atoms. The van der Waals surface area contributed by atoms with E-state index >= 15 is 0 Å². The normalized spacial score (nSPS) is 24.6. The lowest BCUT2D eigenvalue weighted by atomic mass is 9.85. The van der Waals surface area contributed by atoms with E-state index in [1.807, 2.05) is 0 Å². The van der Waals surface area contributed by atoms with E-state index < -0.39 is 11.9 Å². The van der Waals surface area contributed by atoms with Gasteiger partial charge in [-0.05, 0) is 64.0 Å². The van der Waals surface area contributed by atoms with Crippen LogP contribution in [0.25, 0.3) is 10.9 Å². The van der Waals surface area contributed by atoms with Crippen LogP contribution in [0.4, 0.5) is 5.69 Å². The molecule has 1 aliphatic heterocycles. The Labute approximate surface area is 214 Å². The lowest BCUT2D eigenvalue weighted by molar-refractivity contribution is -0.136. The van der Waals surface area contributed by atoms with E-state index in [1.54, 1.807) is 25.1 Å². The van der Waals surface area contributed by atoms with Gasteiger partial charge >= 0.3 is 0 Å². The number of aromatic nitrogens is 2. The average molecular weight is 508 g/mol. The predicted octanol–water partition coefficient (Wildman–Crippen LogP) is 2.49. The number of carbonyl (C=O) groups excluding carboxylic acids is 4. The second-order valence-corrected chi connectivity index (χ2v) is 10.5. The number of imide groups is 1. The number of amides is 4. The number of nitrogens with one attached hydrogen (secondary N) is 3. The first kappa shape index (κ1) is 25.1. The molecule has 10 nitrogen and oxygen atoms in total. The molecule has 2 saturated carbocycles. The van der Waals surface area contributed by atoms with E-state index in [4.69, 9.17) is 0 Å². The number of nitrogens with zero attached hydrogens (tertiary/aromatic N) is 2. The van der Waals surface area contributed by atoms with Crippen molar-refractivity contribution in [1.29, 1.82) is 0 Å². The Morgan fingerprint density at radius 2 is 1.65 bits per heavy atom. The van der Waals surface area contributed by atoms with Crippen molar-refractivity contribution in [2.45, 2.75) is 83.2 Å². The van der Waals surface area contributed by atoms with E-state index in [1.165, 1.54) is 4.57 Å². The van der Waals surface area contributed by atoms with Crippen LogP contribution >= 0.6 is 0 Å². The molecule has 3 aliphatic rings. The SMILES string of the molecule is Cc1nc2c(NC(=O)C3CCC(NC(=O)C4CCCC4)CC3)cccc2c(=O)n1C1CCC(=O)NC1=O. The van der Waals surface area contributed by atoms with E-state index in [9.17, 15) is 24.0 Å². The Balaban J connectivity index is 1.27. The predicted molar refractivity (Wildman–Crippen MR) is 137 cm³/mol. The third kappa shape index (κ3) is 5.14. The highest BCUT2D eigenvalue weighted by molar-refractivity contribution is 6.02. The van der Waals surface area contributed by atoms with E-state index in [2.05, 4.69) is 20.9 Å². The second kappa shape index (κ2) is 10.4. The zero-order valence-corrected chi connectivity index (χ0v) is 21.0. The third-order valence-electron chi connectivity index (χ3n) is 8.06. The van der Waals surface area contributed by atoms with E-state index in [0.717, 1.165) is 38.5 Å². The number of hydrogen-bond donors (Lipinski definition) is 3. The number of aryl methyl sites for hydroxylation is 1. The molecule has 10 heteroatoms. The monoisotopic (exact) mass is 507 g/mol. The van der Waals surface area contributed by atoms with Gasteiger partial charge in [0, 0.05) is 24.3 Å². The molecule has 1 unspecified atom stereocenters. The van der Waals surface area contributed by atoms with Gasteiger partial charge in [-0.25, -0.2) is 4.98 Å². The molecule has 2 heterocycles. The Hall–Kier alpha value is -3.56. The van der Waals surface area contributed by atoms with Crippen molar-refractivity contribution in [1.82, 2.24) is 20.2 Å². The van der Waals surface area contributed by atoms with Crippen LogP contribution in [0.1, 0.15) is 76.1 Å². The maximum atomic E-state index is 13.3. The smallest absolute Gasteiger partial charge is 0.262 e. The standard InChI is InChI=1S/C27H33N5O5/c1-15-28-23-19(27(37)32(15)21-13-14-22(33)31-26(21)36)7-4-8-20(23)30-25(35)17-9-11-18(12-10-17)29-24(34)16-5-2-3-6-16/h4,7-8,16-18,21H,2-3,5-6,9-14H2,1H3,(H,29,34)(H,30,35)(H,31,33,36). The van der Waals surface area contributed by atoms with Crippen molar-refractivity contribution in [3.63, 3.8) is 0 Å². The number of benzene rings is 1. The first-order valence-electron chi connectivity index (χ1n) is 13.3. The molecule has 3 N–H and O–H groups in total. The number of fused-ring (bicyclic) bond motifs is 1. The van der Waals surface area contributed by atoms with Gasteiger partial charge in [0.2, 0.25) is 23.6 Å². The Bertz CT molecular complexity index is 1300. The summed E-state index contributed by atoms with van der Waals surface area (Å²) in [6, 6.07) is 4.34. The summed E-state index contributed by atoms with van der Waals surface area (Å²) < 4.78 is 1.33. The third-order valence-corrected chi connectivity index (χ3v) is 8.06. The Kier molecular flexibility index (Phi) is 7.08. The van der Waals surface area contributed by atoms with Crippen LogP contribution in [0.2, 0.25) is 0 Å². The molecule has 3 fully saturated rings. The number of rotatable bonds is 5. The first-order chi connectivity index (χ1) is 17.8. The number of carbonyl (C=O) groups is 4. The molecule has 196 valence electrons. The minimum absolute atomic E-state index is 0.116. The molecule has 5 rings (SSSR count). The summed E-state index contributed by atoms with van der Waals surface area (Å²) in [4.78, 5) is 67.4. The molecule has 0 bridgehead atoms. The van der Waals surface area contributed by atoms with Crippen LogP contribution in [0.3, 0.4) is 0 Å². The first-order valence-corrected chi connectivity index (χ1v) is 13.3. The van der Waals surface area contributed by atoms with Crippen molar-refractivity contribution in [2.24, 2.45) is 11.8 Å². The van der Waals surface area contributed by atoms with Crippen LogP contribution in [-0.2, 0) is 19.2 Å². The summed E-state index contributed by atoms with van der Waals surface area (Å²) in [7, 11) is 0. The van der Waals surface area contributed by atoms with Gasteiger partial charge < -0.3 is 10.6 Å². The quantitative estimate of drug-likeness (QED) is 0.532. The number of hydrogen-bond acceptors (Lipinski definition) is 6. The summed E-state index contributed by atoms with van der Waals surface area (Å²) in [6.45, 7) is 1.64.